The highest BCUT2D eigenvalue weighted by Crippen LogP contribution is 2.29. The van der Waals surface area contributed by atoms with Crippen molar-refractivity contribution in [3.05, 3.63) is 34.5 Å². The van der Waals surface area contributed by atoms with Crippen molar-refractivity contribution < 1.29 is 4.42 Å². The zero-order valence-electron chi connectivity index (χ0n) is 10.4. The van der Waals surface area contributed by atoms with Crippen LogP contribution in [0.25, 0.3) is 11.4 Å². The van der Waals surface area contributed by atoms with Crippen molar-refractivity contribution in [2.45, 2.75) is 39.0 Å². The number of furan rings is 1. The molecule has 0 atom stereocenters. The fourth-order valence-corrected chi connectivity index (χ4v) is 2.75. The third-order valence-corrected chi connectivity index (χ3v) is 3.80. The summed E-state index contributed by atoms with van der Waals surface area (Å²) in [6.45, 7) is 1.91. The van der Waals surface area contributed by atoms with Gasteiger partial charge in [0.2, 0.25) is 0 Å². The third-order valence-electron chi connectivity index (χ3n) is 3.48. The molecule has 0 aliphatic heterocycles. The Bertz CT molecular complexity index is 577. The summed E-state index contributed by atoms with van der Waals surface area (Å²) in [4.78, 5) is 9.11. The SMILES string of the molecule is Cc1occc1-c1nc(Cl)c2c(n1)CCCCC2. The lowest BCUT2D eigenvalue weighted by Crippen LogP contribution is -2.02. The van der Waals surface area contributed by atoms with Crippen LogP contribution in [-0.4, -0.2) is 9.97 Å². The van der Waals surface area contributed by atoms with E-state index in [2.05, 4.69) is 9.97 Å². The Morgan fingerprint density at radius 2 is 2.00 bits per heavy atom. The minimum Gasteiger partial charge on any atom is -0.469 e. The van der Waals surface area contributed by atoms with E-state index in [4.69, 9.17) is 16.0 Å². The first-order chi connectivity index (χ1) is 8.75. The summed E-state index contributed by atoms with van der Waals surface area (Å²) in [5.41, 5.74) is 3.19. The summed E-state index contributed by atoms with van der Waals surface area (Å²) in [5, 5.41) is 0.609. The smallest absolute Gasteiger partial charge is 0.164 e. The summed E-state index contributed by atoms with van der Waals surface area (Å²) in [6, 6.07) is 1.89. The van der Waals surface area contributed by atoms with Gasteiger partial charge in [-0.15, -0.1) is 0 Å². The molecule has 2 aromatic rings. The van der Waals surface area contributed by atoms with Gasteiger partial charge < -0.3 is 4.42 Å². The second-order valence-electron chi connectivity index (χ2n) is 4.71. The summed E-state index contributed by atoms with van der Waals surface area (Å²) in [5.74, 6) is 1.52. The van der Waals surface area contributed by atoms with Gasteiger partial charge in [-0.25, -0.2) is 9.97 Å². The Balaban J connectivity index is 2.11. The monoisotopic (exact) mass is 262 g/mol. The predicted molar refractivity (Wildman–Crippen MR) is 70.7 cm³/mol. The lowest BCUT2D eigenvalue weighted by Gasteiger charge is -2.08. The minimum atomic E-state index is 0.609. The summed E-state index contributed by atoms with van der Waals surface area (Å²) >= 11 is 6.31. The van der Waals surface area contributed by atoms with Gasteiger partial charge in [0.1, 0.15) is 10.9 Å². The zero-order chi connectivity index (χ0) is 12.5. The van der Waals surface area contributed by atoms with Crippen LogP contribution in [0.5, 0.6) is 0 Å². The molecule has 1 aliphatic rings. The lowest BCUT2D eigenvalue weighted by atomic mass is 10.1. The van der Waals surface area contributed by atoms with Crippen molar-refractivity contribution in [2.75, 3.05) is 0 Å². The summed E-state index contributed by atoms with van der Waals surface area (Å²) < 4.78 is 5.30. The number of hydrogen-bond donors (Lipinski definition) is 0. The van der Waals surface area contributed by atoms with Gasteiger partial charge in [-0.1, -0.05) is 18.0 Å². The maximum atomic E-state index is 6.31. The number of rotatable bonds is 1. The highest BCUT2D eigenvalue weighted by atomic mass is 35.5. The summed E-state index contributed by atoms with van der Waals surface area (Å²) in [7, 11) is 0. The fourth-order valence-electron chi connectivity index (χ4n) is 2.46. The fraction of sp³-hybridized carbons (Fsp3) is 0.429. The zero-order valence-corrected chi connectivity index (χ0v) is 11.1. The molecular weight excluding hydrogens is 248 g/mol. The molecule has 3 nitrogen and oxygen atoms in total. The number of halogens is 1. The van der Waals surface area contributed by atoms with Crippen LogP contribution in [0.1, 0.15) is 36.3 Å². The molecule has 2 aromatic heterocycles. The van der Waals surface area contributed by atoms with Crippen molar-refractivity contribution in [3.63, 3.8) is 0 Å². The van der Waals surface area contributed by atoms with E-state index in [1.165, 1.54) is 19.3 Å². The van der Waals surface area contributed by atoms with E-state index >= 15 is 0 Å². The molecule has 0 spiro atoms. The van der Waals surface area contributed by atoms with Crippen LogP contribution in [0.4, 0.5) is 0 Å². The first-order valence-electron chi connectivity index (χ1n) is 6.35. The molecule has 0 amide bonds. The van der Waals surface area contributed by atoms with Crippen LogP contribution >= 0.6 is 11.6 Å². The number of nitrogens with zero attached hydrogens (tertiary/aromatic N) is 2. The van der Waals surface area contributed by atoms with Crippen molar-refractivity contribution in [1.82, 2.24) is 9.97 Å². The van der Waals surface area contributed by atoms with Crippen molar-refractivity contribution >= 4 is 11.6 Å². The average molecular weight is 263 g/mol. The van der Waals surface area contributed by atoms with E-state index in [9.17, 15) is 0 Å². The van der Waals surface area contributed by atoms with Gasteiger partial charge in [0.25, 0.3) is 0 Å². The van der Waals surface area contributed by atoms with E-state index in [0.29, 0.717) is 11.0 Å². The second kappa shape index (κ2) is 4.73. The molecule has 0 unspecified atom stereocenters. The second-order valence-corrected chi connectivity index (χ2v) is 5.07. The van der Waals surface area contributed by atoms with Crippen LogP contribution in [-0.2, 0) is 12.8 Å². The van der Waals surface area contributed by atoms with Crippen LogP contribution in [0.15, 0.2) is 16.7 Å². The molecule has 2 heterocycles. The highest BCUT2D eigenvalue weighted by Gasteiger charge is 2.17. The van der Waals surface area contributed by atoms with Gasteiger partial charge >= 0.3 is 0 Å². The van der Waals surface area contributed by atoms with Crippen molar-refractivity contribution in [3.8, 4) is 11.4 Å². The van der Waals surface area contributed by atoms with Crippen LogP contribution in [0.3, 0.4) is 0 Å². The number of hydrogen-bond acceptors (Lipinski definition) is 3. The Morgan fingerprint density at radius 1 is 1.17 bits per heavy atom. The van der Waals surface area contributed by atoms with Crippen LogP contribution < -0.4 is 0 Å². The Kier molecular flexibility index (Phi) is 3.08. The van der Waals surface area contributed by atoms with E-state index < -0.39 is 0 Å². The maximum Gasteiger partial charge on any atom is 0.164 e. The van der Waals surface area contributed by atoms with Gasteiger partial charge in [-0.05, 0) is 38.7 Å². The van der Waals surface area contributed by atoms with Gasteiger partial charge in [-0.2, -0.15) is 0 Å². The van der Waals surface area contributed by atoms with Gasteiger partial charge in [0.15, 0.2) is 5.82 Å². The topological polar surface area (TPSA) is 38.9 Å². The van der Waals surface area contributed by atoms with Gasteiger partial charge in [0.05, 0.1) is 11.8 Å². The van der Waals surface area contributed by atoms with Gasteiger partial charge in [0, 0.05) is 11.3 Å². The largest absolute Gasteiger partial charge is 0.469 e. The first kappa shape index (κ1) is 11.7. The van der Waals surface area contributed by atoms with E-state index in [1.807, 2.05) is 13.0 Å². The Labute approximate surface area is 111 Å². The maximum absolute atomic E-state index is 6.31. The molecule has 0 aromatic carbocycles. The van der Waals surface area contributed by atoms with Crippen molar-refractivity contribution in [2.24, 2.45) is 0 Å². The standard InChI is InChI=1S/C14H15ClN2O/c1-9-10(7-8-18-9)14-16-12-6-4-2-3-5-11(12)13(15)17-14/h7-8H,2-6H2,1H3. The first-order valence-corrected chi connectivity index (χ1v) is 6.73. The van der Waals surface area contributed by atoms with E-state index in [-0.39, 0.29) is 0 Å². The van der Waals surface area contributed by atoms with Crippen LogP contribution in [0.2, 0.25) is 5.15 Å². The number of aryl methyl sites for hydroxylation is 2. The predicted octanol–water partition coefficient (Wildman–Crippen LogP) is 3.97. The highest BCUT2D eigenvalue weighted by molar-refractivity contribution is 6.30. The molecule has 0 saturated carbocycles. The molecule has 0 N–H and O–H groups in total. The molecule has 94 valence electrons. The van der Waals surface area contributed by atoms with Crippen LogP contribution in [0, 0.1) is 6.92 Å². The molecule has 0 radical (unpaired) electrons. The third kappa shape index (κ3) is 2.03. The molecular formula is C14H15ClN2O. The minimum absolute atomic E-state index is 0.609. The quantitative estimate of drug-likeness (QED) is 0.577. The molecule has 0 bridgehead atoms. The number of aromatic nitrogens is 2. The Morgan fingerprint density at radius 3 is 2.78 bits per heavy atom. The molecule has 4 heteroatoms. The van der Waals surface area contributed by atoms with E-state index in [0.717, 1.165) is 35.4 Å². The molecule has 3 rings (SSSR count). The normalized spacial score (nSPS) is 15.2. The Hall–Kier alpha value is -1.35. The summed E-state index contributed by atoms with van der Waals surface area (Å²) in [6.07, 6.45) is 7.27. The van der Waals surface area contributed by atoms with Crippen molar-refractivity contribution in [1.29, 1.82) is 0 Å². The van der Waals surface area contributed by atoms with E-state index in [1.54, 1.807) is 6.26 Å². The number of fused-ring (bicyclic) bond motifs is 1. The van der Waals surface area contributed by atoms with Gasteiger partial charge in [-0.3, -0.25) is 0 Å². The molecule has 1 aliphatic carbocycles. The molecule has 18 heavy (non-hydrogen) atoms. The molecule has 0 saturated heterocycles. The molecule has 0 fully saturated rings. The average Bonchev–Trinajstić information content (AvgIpc) is 2.63. The lowest BCUT2D eigenvalue weighted by molar-refractivity contribution is 0.535.